The average Bonchev–Trinajstić information content (AvgIpc) is 2.83. The summed E-state index contributed by atoms with van der Waals surface area (Å²) in [6.45, 7) is 0. The number of carbonyl (C=O) groups is 1. The monoisotopic (exact) mass is 212 g/mol. The molecule has 1 heterocycles. The first kappa shape index (κ1) is 9.93. The number of nitrogens with one attached hydrogen (secondary N) is 2. The van der Waals surface area contributed by atoms with Gasteiger partial charge in [0.05, 0.1) is 23.4 Å². The Kier molecular flexibility index (Phi) is 2.65. The molecule has 5 heteroatoms. The lowest BCUT2D eigenvalue weighted by Gasteiger charge is -2.02. The molecule has 2 rings (SSSR count). The van der Waals surface area contributed by atoms with Crippen LogP contribution in [0.5, 0.6) is 0 Å². The van der Waals surface area contributed by atoms with E-state index in [2.05, 4.69) is 15.5 Å². The molecule has 1 aromatic heterocycles. The zero-order valence-corrected chi connectivity index (χ0v) is 8.27. The summed E-state index contributed by atoms with van der Waals surface area (Å²) in [4.78, 5) is 11.6. The molecular weight excluding hydrogens is 204 g/mol. The zero-order chi connectivity index (χ0) is 11.4. The quantitative estimate of drug-likeness (QED) is 0.792. The number of nitrogens with zero attached hydrogens (tertiary/aromatic N) is 2. The molecule has 5 nitrogen and oxygen atoms in total. The van der Waals surface area contributed by atoms with E-state index >= 15 is 0 Å². The fourth-order valence-electron chi connectivity index (χ4n) is 1.24. The van der Waals surface area contributed by atoms with Crippen molar-refractivity contribution in [3.63, 3.8) is 0 Å². The Bertz CT molecular complexity index is 539. The van der Waals surface area contributed by atoms with E-state index < -0.39 is 0 Å². The van der Waals surface area contributed by atoms with Gasteiger partial charge in [0, 0.05) is 11.9 Å². The van der Waals surface area contributed by atoms with E-state index in [0.29, 0.717) is 16.8 Å². The molecule has 0 fully saturated rings. The normalized spacial score (nSPS) is 9.44. The van der Waals surface area contributed by atoms with Crippen molar-refractivity contribution in [2.45, 2.75) is 0 Å². The SMILES string of the molecule is N#Cc1cccc(NC(=O)c2cn[nH]c2)c1. The van der Waals surface area contributed by atoms with Crippen molar-refractivity contribution < 1.29 is 4.79 Å². The Morgan fingerprint density at radius 1 is 1.50 bits per heavy atom. The van der Waals surface area contributed by atoms with Crippen LogP contribution in [-0.2, 0) is 0 Å². The van der Waals surface area contributed by atoms with Crippen LogP contribution in [0.15, 0.2) is 36.7 Å². The zero-order valence-electron chi connectivity index (χ0n) is 8.27. The van der Waals surface area contributed by atoms with Gasteiger partial charge in [-0.25, -0.2) is 0 Å². The van der Waals surface area contributed by atoms with Crippen LogP contribution in [0.3, 0.4) is 0 Å². The molecule has 0 atom stereocenters. The minimum absolute atomic E-state index is 0.260. The van der Waals surface area contributed by atoms with Gasteiger partial charge in [-0.15, -0.1) is 0 Å². The maximum atomic E-state index is 11.6. The molecule has 0 radical (unpaired) electrons. The fourth-order valence-corrected chi connectivity index (χ4v) is 1.24. The van der Waals surface area contributed by atoms with Crippen molar-refractivity contribution in [2.75, 3.05) is 5.32 Å². The van der Waals surface area contributed by atoms with Crippen LogP contribution in [0.2, 0.25) is 0 Å². The molecule has 0 aliphatic rings. The number of carbonyl (C=O) groups excluding carboxylic acids is 1. The van der Waals surface area contributed by atoms with Gasteiger partial charge in [-0.2, -0.15) is 10.4 Å². The highest BCUT2D eigenvalue weighted by Gasteiger charge is 2.06. The molecule has 78 valence electrons. The number of hydrogen-bond acceptors (Lipinski definition) is 3. The number of aromatic amines is 1. The van der Waals surface area contributed by atoms with E-state index in [1.165, 1.54) is 12.4 Å². The van der Waals surface area contributed by atoms with E-state index in [1.807, 2.05) is 6.07 Å². The van der Waals surface area contributed by atoms with E-state index in [1.54, 1.807) is 24.3 Å². The van der Waals surface area contributed by atoms with Gasteiger partial charge in [-0.1, -0.05) is 6.07 Å². The van der Waals surface area contributed by atoms with Gasteiger partial charge in [0.15, 0.2) is 0 Å². The minimum atomic E-state index is -0.260. The van der Waals surface area contributed by atoms with Gasteiger partial charge in [0.1, 0.15) is 0 Å². The number of amides is 1. The highest BCUT2D eigenvalue weighted by molar-refractivity contribution is 6.03. The van der Waals surface area contributed by atoms with E-state index in [9.17, 15) is 4.79 Å². The molecule has 0 aliphatic heterocycles. The number of benzene rings is 1. The van der Waals surface area contributed by atoms with Crippen molar-refractivity contribution in [2.24, 2.45) is 0 Å². The maximum absolute atomic E-state index is 11.6. The summed E-state index contributed by atoms with van der Waals surface area (Å²) in [5, 5.41) is 17.6. The molecule has 0 saturated heterocycles. The van der Waals surface area contributed by atoms with E-state index in [-0.39, 0.29) is 5.91 Å². The number of H-pyrrole nitrogens is 1. The Balaban J connectivity index is 2.16. The summed E-state index contributed by atoms with van der Waals surface area (Å²) in [5.41, 5.74) is 1.54. The lowest BCUT2D eigenvalue weighted by molar-refractivity contribution is 0.102. The molecule has 16 heavy (non-hydrogen) atoms. The van der Waals surface area contributed by atoms with Crippen LogP contribution in [-0.4, -0.2) is 16.1 Å². The Morgan fingerprint density at radius 3 is 3.06 bits per heavy atom. The van der Waals surface area contributed by atoms with Gasteiger partial charge >= 0.3 is 0 Å². The second kappa shape index (κ2) is 4.28. The largest absolute Gasteiger partial charge is 0.322 e. The summed E-state index contributed by atoms with van der Waals surface area (Å²) in [6, 6.07) is 8.72. The third-order valence-electron chi connectivity index (χ3n) is 2.01. The second-order valence-electron chi connectivity index (χ2n) is 3.13. The molecule has 0 spiro atoms. The Labute approximate surface area is 91.7 Å². The van der Waals surface area contributed by atoms with Crippen LogP contribution < -0.4 is 5.32 Å². The first-order valence-electron chi connectivity index (χ1n) is 4.60. The third-order valence-corrected chi connectivity index (χ3v) is 2.01. The number of rotatable bonds is 2. The summed E-state index contributed by atoms with van der Waals surface area (Å²) < 4.78 is 0. The third kappa shape index (κ3) is 2.07. The molecular formula is C11H8N4O. The van der Waals surface area contributed by atoms with Crippen molar-refractivity contribution in [3.05, 3.63) is 47.8 Å². The van der Waals surface area contributed by atoms with Crippen molar-refractivity contribution in [3.8, 4) is 6.07 Å². The number of hydrogen-bond donors (Lipinski definition) is 2. The predicted octanol–water partition coefficient (Wildman–Crippen LogP) is 1.53. The molecule has 2 N–H and O–H groups in total. The van der Waals surface area contributed by atoms with Gasteiger partial charge in [0.2, 0.25) is 0 Å². The van der Waals surface area contributed by atoms with Crippen molar-refractivity contribution in [1.29, 1.82) is 5.26 Å². The maximum Gasteiger partial charge on any atom is 0.258 e. The van der Waals surface area contributed by atoms with Gasteiger partial charge in [0.25, 0.3) is 5.91 Å². The molecule has 2 aromatic rings. The lowest BCUT2D eigenvalue weighted by atomic mass is 10.2. The van der Waals surface area contributed by atoms with Gasteiger partial charge < -0.3 is 5.32 Å². The second-order valence-corrected chi connectivity index (χ2v) is 3.13. The number of nitriles is 1. The first-order chi connectivity index (χ1) is 7.79. The summed E-state index contributed by atoms with van der Waals surface area (Å²) in [5.74, 6) is -0.260. The van der Waals surface area contributed by atoms with Crippen LogP contribution >= 0.6 is 0 Å². The standard InChI is InChI=1S/C11H8N4O/c12-5-8-2-1-3-10(4-8)15-11(16)9-6-13-14-7-9/h1-4,6-7H,(H,13,14)(H,15,16). The topological polar surface area (TPSA) is 81.6 Å². The predicted molar refractivity (Wildman–Crippen MR) is 57.7 cm³/mol. The molecule has 1 amide bonds. The van der Waals surface area contributed by atoms with Crippen LogP contribution in [0.1, 0.15) is 15.9 Å². The highest BCUT2D eigenvalue weighted by atomic mass is 16.1. The Morgan fingerprint density at radius 2 is 2.38 bits per heavy atom. The average molecular weight is 212 g/mol. The van der Waals surface area contributed by atoms with Crippen molar-refractivity contribution >= 4 is 11.6 Å². The van der Waals surface area contributed by atoms with Gasteiger partial charge in [-0.3, -0.25) is 9.89 Å². The first-order valence-corrected chi connectivity index (χ1v) is 4.60. The molecule has 0 aliphatic carbocycles. The fraction of sp³-hybridized carbons (Fsp3) is 0. The van der Waals surface area contributed by atoms with E-state index in [0.717, 1.165) is 0 Å². The summed E-state index contributed by atoms with van der Waals surface area (Å²) >= 11 is 0. The number of anilines is 1. The molecule has 0 unspecified atom stereocenters. The lowest BCUT2D eigenvalue weighted by Crippen LogP contribution is -2.10. The summed E-state index contributed by atoms with van der Waals surface area (Å²) in [7, 11) is 0. The van der Waals surface area contributed by atoms with Crippen LogP contribution in [0.4, 0.5) is 5.69 Å². The molecule has 0 saturated carbocycles. The van der Waals surface area contributed by atoms with Gasteiger partial charge in [-0.05, 0) is 18.2 Å². The highest BCUT2D eigenvalue weighted by Crippen LogP contribution is 2.11. The minimum Gasteiger partial charge on any atom is -0.322 e. The summed E-state index contributed by atoms with van der Waals surface area (Å²) in [6.07, 6.45) is 2.94. The van der Waals surface area contributed by atoms with Crippen molar-refractivity contribution in [1.82, 2.24) is 10.2 Å². The Hall–Kier alpha value is -2.61. The van der Waals surface area contributed by atoms with Crippen LogP contribution in [0, 0.1) is 11.3 Å². The van der Waals surface area contributed by atoms with Crippen LogP contribution in [0.25, 0.3) is 0 Å². The molecule has 1 aromatic carbocycles. The van der Waals surface area contributed by atoms with E-state index in [4.69, 9.17) is 5.26 Å². The smallest absolute Gasteiger partial charge is 0.258 e. The molecule has 0 bridgehead atoms. The number of aromatic nitrogens is 2.